The first-order valence-electron chi connectivity index (χ1n) is 2.35. The summed E-state index contributed by atoms with van der Waals surface area (Å²) in [6, 6.07) is 0. The number of hydrogen-bond donors (Lipinski definition) is 2. The molecule has 0 heterocycles. The Labute approximate surface area is 42.7 Å². The molecule has 1 unspecified atom stereocenters. The number of rotatable bonds is 3. The molecule has 0 aliphatic heterocycles. The van der Waals surface area contributed by atoms with Gasteiger partial charge in [-0.15, -0.1) is 0 Å². The van der Waals surface area contributed by atoms with Crippen LogP contribution in [0.1, 0.15) is 6.42 Å². The Morgan fingerprint density at radius 1 is 1.43 bits per heavy atom. The lowest BCUT2D eigenvalue weighted by Crippen LogP contribution is -2.18. The van der Waals surface area contributed by atoms with Crippen LogP contribution >= 0.6 is 0 Å². The Hall–Kier alpha value is -0.150. The van der Waals surface area contributed by atoms with E-state index < -0.39 is 6.17 Å². The first kappa shape index (κ1) is 6.85. The molecule has 0 aliphatic rings. The van der Waals surface area contributed by atoms with Crippen LogP contribution in [0.2, 0.25) is 0 Å². The first-order chi connectivity index (χ1) is 3.31. The van der Waals surface area contributed by atoms with Crippen molar-refractivity contribution in [1.29, 1.82) is 0 Å². The van der Waals surface area contributed by atoms with Gasteiger partial charge in [-0.25, -0.2) is 4.39 Å². The van der Waals surface area contributed by atoms with Crippen molar-refractivity contribution < 1.29 is 4.39 Å². The van der Waals surface area contributed by atoms with Gasteiger partial charge >= 0.3 is 0 Å². The van der Waals surface area contributed by atoms with Crippen LogP contribution in [0.3, 0.4) is 0 Å². The van der Waals surface area contributed by atoms with Gasteiger partial charge in [0.25, 0.3) is 0 Å². The minimum atomic E-state index is -0.898. The zero-order chi connectivity index (χ0) is 5.70. The molecule has 0 aromatic rings. The number of nitrogens with two attached hydrogens (primary N) is 2. The lowest BCUT2D eigenvalue weighted by atomic mass is 10.3. The summed E-state index contributed by atoms with van der Waals surface area (Å²) in [4.78, 5) is 0. The van der Waals surface area contributed by atoms with Crippen LogP contribution in [0.25, 0.3) is 0 Å². The van der Waals surface area contributed by atoms with Gasteiger partial charge in [-0.2, -0.15) is 0 Å². The quantitative estimate of drug-likeness (QED) is 0.514. The summed E-state index contributed by atoms with van der Waals surface area (Å²) >= 11 is 0. The Morgan fingerprint density at radius 3 is 2.14 bits per heavy atom. The molecular formula is C4H11FN2. The van der Waals surface area contributed by atoms with E-state index in [0.717, 1.165) is 0 Å². The predicted octanol–water partition coefficient (Wildman–Crippen LogP) is -0.368. The largest absolute Gasteiger partial charge is 0.330 e. The average molecular weight is 105 g/mol. The van der Waals surface area contributed by atoms with Crippen LogP contribution in [0.4, 0.5) is 4.39 Å². The Bertz CT molecular complexity index is 40.7. The first-order valence-corrected chi connectivity index (χ1v) is 2.35. The number of hydrogen-bond acceptors (Lipinski definition) is 2. The fraction of sp³-hybridized carbons (Fsp3) is 1.00. The third-order valence-electron chi connectivity index (χ3n) is 0.736. The molecule has 1 atom stereocenters. The minimum absolute atomic E-state index is 0.0944. The fourth-order valence-corrected chi connectivity index (χ4v) is 0.299. The second kappa shape index (κ2) is 4.02. The molecule has 0 saturated carbocycles. The molecule has 0 radical (unpaired) electrons. The summed E-state index contributed by atoms with van der Waals surface area (Å²) in [5.74, 6) is 0. The highest BCUT2D eigenvalue weighted by Gasteiger charge is 1.98. The number of halogens is 1. The Balaban J connectivity index is 2.83. The second-order valence-corrected chi connectivity index (χ2v) is 1.41. The molecule has 0 bridgehead atoms. The van der Waals surface area contributed by atoms with E-state index in [0.29, 0.717) is 13.0 Å². The lowest BCUT2D eigenvalue weighted by Gasteiger charge is -1.98. The van der Waals surface area contributed by atoms with Crippen LogP contribution in [-0.2, 0) is 0 Å². The van der Waals surface area contributed by atoms with Crippen LogP contribution in [0, 0.1) is 0 Å². The molecule has 0 rings (SSSR count). The molecule has 44 valence electrons. The highest BCUT2D eigenvalue weighted by Crippen LogP contribution is 1.90. The van der Waals surface area contributed by atoms with E-state index in [1.165, 1.54) is 0 Å². The van der Waals surface area contributed by atoms with E-state index >= 15 is 0 Å². The third kappa shape index (κ3) is 3.69. The predicted molar refractivity (Wildman–Crippen MR) is 27.6 cm³/mol. The van der Waals surface area contributed by atoms with E-state index in [1.807, 2.05) is 0 Å². The van der Waals surface area contributed by atoms with Crippen molar-refractivity contribution in [1.82, 2.24) is 0 Å². The topological polar surface area (TPSA) is 52.0 Å². The van der Waals surface area contributed by atoms with Crippen molar-refractivity contribution in [2.24, 2.45) is 11.5 Å². The van der Waals surface area contributed by atoms with E-state index in [2.05, 4.69) is 0 Å². The van der Waals surface area contributed by atoms with E-state index in [4.69, 9.17) is 11.5 Å². The maximum Gasteiger partial charge on any atom is 0.113 e. The molecule has 0 aromatic heterocycles. The van der Waals surface area contributed by atoms with Crippen molar-refractivity contribution in [2.75, 3.05) is 13.1 Å². The van der Waals surface area contributed by atoms with Gasteiger partial charge in [-0.1, -0.05) is 0 Å². The zero-order valence-electron chi connectivity index (χ0n) is 4.23. The van der Waals surface area contributed by atoms with Crippen molar-refractivity contribution in [3.63, 3.8) is 0 Å². The van der Waals surface area contributed by atoms with Crippen LogP contribution < -0.4 is 11.5 Å². The lowest BCUT2D eigenvalue weighted by molar-refractivity contribution is 0.326. The van der Waals surface area contributed by atoms with Crippen molar-refractivity contribution in [3.8, 4) is 0 Å². The molecule has 3 heteroatoms. The monoisotopic (exact) mass is 105 g/mol. The Kier molecular flexibility index (Phi) is 3.93. The molecule has 4 N–H and O–H groups in total. The molecule has 0 aliphatic carbocycles. The number of alkyl halides is 1. The molecule has 7 heavy (non-hydrogen) atoms. The van der Waals surface area contributed by atoms with Crippen LogP contribution in [-0.4, -0.2) is 19.3 Å². The van der Waals surface area contributed by atoms with Gasteiger partial charge in [0.2, 0.25) is 0 Å². The van der Waals surface area contributed by atoms with Gasteiger partial charge in [0.15, 0.2) is 0 Å². The second-order valence-electron chi connectivity index (χ2n) is 1.41. The van der Waals surface area contributed by atoms with Gasteiger partial charge in [-0.05, 0) is 13.0 Å². The molecule has 0 amide bonds. The maximum absolute atomic E-state index is 11.9. The van der Waals surface area contributed by atoms with Gasteiger partial charge in [0.1, 0.15) is 6.17 Å². The summed E-state index contributed by atoms with van der Waals surface area (Å²) in [6.07, 6.45) is -0.513. The highest BCUT2D eigenvalue weighted by molar-refractivity contribution is 4.54. The van der Waals surface area contributed by atoms with E-state index in [1.54, 1.807) is 0 Å². The summed E-state index contributed by atoms with van der Waals surface area (Å²) in [5, 5.41) is 0. The van der Waals surface area contributed by atoms with Crippen molar-refractivity contribution >= 4 is 0 Å². The van der Waals surface area contributed by atoms with E-state index in [9.17, 15) is 4.39 Å². The van der Waals surface area contributed by atoms with Crippen LogP contribution in [0.15, 0.2) is 0 Å². The smallest absolute Gasteiger partial charge is 0.113 e. The normalized spacial score (nSPS) is 14.1. The zero-order valence-corrected chi connectivity index (χ0v) is 4.23. The minimum Gasteiger partial charge on any atom is -0.330 e. The maximum atomic E-state index is 11.9. The summed E-state index contributed by atoms with van der Waals surface area (Å²) < 4.78 is 11.9. The molecular weight excluding hydrogens is 94.1 g/mol. The molecule has 0 spiro atoms. The van der Waals surface area contributed by atoms with Crippen molar-refractivity contribution in [2.45, 2.75) is 12.6 Å². The molecule has 2 nitrogen and oxygen atoms in total. The standard InChI is InChI=1S/C4H11FN2/c5-4(3-7)1-2-6/h4H,1-3,6-7H2/i5-1. The van der Waals surface area contributed by atoms with Gasteiger partial charge in [-0.3, -0.25) is 0 Å². The SMILES string of the molecule is NCCC([18F])CN. The molecule has 0 fully saturated rings. The molecule has 0 saturated heterocycles. The van der Waals surface area contributed by atoms with Crippen LogP contribution in [0.5, 0.6) is 0 Å². The fourth-order valence-electron chi connectivity index (χ4n) is 0.299. The van der Waals surface area contributed by atoms with E-state index in [-0.39, 0.29) is 6.54 Å². The highest BCUT2D eigenvalue weighted by atomic mass is 18.2. The Morgan fingerprint density at radius 2 is 2.00 bits per heavy atom. The van der Waals surface area contributed by atoms with Gasteiger partial charge in [0.05, 0.1) is 0 Å². The average Bonchev–Trinajstić information content (AvgIpc) is 1.68. The van der Waals surface area contributed by atoms with Gasteiger partial charge < -0.3 is 11.5 Å². The van der Waals surface area contributed by atoms with Crippen molar-refractivity contribution in [3.05, 3.63) is 0 Å². The summed E-state index contributed by atoms with van der Waals surface area (Å²) in [6.45, 7) is 0.482. The van der Waals surface area contributed by atoms with Gasteiger partial charge in [0, 0.05) is 6.54 Å². The summed E-state index contributed by atoms with van der Waals surface area (Å²) in [7, 11) is 0. The third-order valence-corrected chi connectivity index (χ3v) is 0.736. The summed E-state index contributed by atoms with van der Waals surface area (Å²) in [5.41, 5.74) is 9.94. The molecule has 0 aromatic carbocycles.